The Kier molecular flexibility index (Phi) is 12.3. The van der Waals surface area contributed by atoms with Crippen molar-refractivity contribution in [1.29, 1.82) is 0 Å². The lowest BCUT2D eigenvalue weighted by Crippen LogP contribution is -2.03. The highest BCUT2D eigenvalue weighted by Gasteiger charge is 2.07. The second-order valence-corrected chi connectivity index (χ2v) is 8.15. The predicted molar refractivity (Wildman–Crippen MR) is 118 cm³/mol. The van der Waals surface area contributed by atoms with Gasteiger partial charge in [-0.3, -0.25) is 0 Å². The van der Waals surface area contributed by atoms with Gasteiger partial charge in [-0.1, -0.05) is 114 Å². The third-order valence-electron chi connectivity index (χ3n) is 4.78. The minimum atomic E-state index is 0.967. The summed E-state index contributed by atoms with van der Waals surface area (Å²) < 4.78 is 0. The maximum Gasteiger partial charge on any atom is -0.0184 e. The third-order valence-corrected chi connectivity index (χ3v) is 5.88. The summed E-state index contributed by atoms with van der Waals surface area (Å²) >= 11 is 0. The molecule has 0 aliphatic heterocycles. The van der Waals surface area contributed by atoms with E-state index in [0.717, 1.165) is 20.4 Å². The summed E-state index contributed by atoms with van der Waals surface area (Å²) in [5.74, 6) is 1.97. The molecule has 3 atom stereocenters. The van der Waals surface area contributed by atoms with Crippen molar-refractivity contribution in [1.82, 2.24) is 0 Å². The van der Waals surface area contributed by atoms with E-state index in [1.165, 1.54) is 49.4 Å². The maximum absolute atomic E-state index is 2.41. The Morgan fingerprint density at radius 3 is 1.68 bits per heavy atom. The van der Waals surface area contributed by atoms with E-state index >= 15 is 0 Å². The average molecular weight is 357 g/mol. The SMILES string of the molecule is CCCC(CC)CCC(C)CPC.c1ccc(-c2ccccc2)cc1. The van der Waals surface area contributed by atoms with Crippen molar-refractivity contribution < 1.29 is 0 Å². The zero-order valence-electron chi connectivity index (χ0n) is 16.7. The van der Waals surface area contributed by atoms with Crippen LogP contribution >= 0.6 is 8.58 Å². The van der Waals surface area contributed by atoms with E-state index in [9.17, 15) is 0 Å². The molecule has 0 N–H and O–H groups in total. The van der Waals surface area contributed by atoms with Gasteiger partial charge in [0.2, 0.25) is 0 Å². The summed E-state index contributed by atoms with van der Waals surface area (Å²) in [5.41, 5.74) is 2.55. The minimum absolute atomic E-state index is 0.967. The molecule has 0 bridgehead atoms. The molecule has 0 saturated heterocycles. The molecule has 138 valence electrons. The van der Waals surface area contributed by atoms with Gasteiger partial charge in [0.1, 0.15) is 0 Å². The van der Waals surface area contributed by atoms with E-state index < -0.39 is 0 Å². The van der Waals surface area contributed by atoms with Gasteiger partial charge in [-0.15, -0.1) is 8.58 Å². The molecule has 0 radical (unpaired) electrons. The van der Waals surface area contributed by atoms with Crippen LogP contribution in [-0.2, 0) is 0 Å². The molecule has 0 spiro atoms. The lowest BCUT2D eigenvalue weighted by molar-refractivity contribution is 0.389. The Labute approximate surface area is 158 Å². The maximum atomic E-state index is 2.41. The summed E-state index contributed by atoms with van der Waals surface area (Å²) in [5, 5.41) is 0. The first-order valence-corrected chi connectivity index (χ1v) is 11.7. The Morgan fingerprint density at radius 2 is 1.28 bits per heavy atom. The molecule has 0 nitrogen and oxygen atoms in total. The molecule has 0 saturated carbocycles. The second kappa shape index (κ2) is 14.1. The van der Waals surface area contributed by atoms with Crippen LogP contribution in [0.4, 0.5) is 0 Å². The molecule has 2 aromatic carbocycles. The van der Waals surface area contributed by atoms with Crippen molar-refractivity contribution in [3.8, 4) is 11.1 Å². The van der Waals surface area contributed by atoms with E-state index in [-0.39, 0.29) is 0 Å². The molecule has 3 unspecified atom stereocenters. The van der Waals surface area contributed by atoms with E-state index in [4.69, 9.17) is 0 Å². The van der Waals surface area contributed by atoms with Crippen LogP contribution in [-0.4, -0.2) is 12.8 Å². The van der Waals surface area contributed by atoms with Crippen LogP contribution in [0.5, 0.6) is 0 Å². The van der Waals surface area contributed by atoms with Crippen LogP contribution in [0.1, 0.15) is 52.9 Å². The Hall–Kier alpha value is -1.13. The van der Waals surface area contributed by atoms with E-state index in [0.29, 0.717) is 0 Å². The van der Waals surface area contributed by atoms with Gasteiger partial charge in [0, 0.05) is 0 Å². The lowest BCUT2D eigenvalue weighted by atomic mass is 9.92. The van der Waals surface area contributed by atoms with E-state index in [1.54, 1.807) is 0 Å². The normalized spacial score (nSPS) is 13.3. The van der Waals surface area contributed by atoms with Crippen molar-refractivity contribution in [2.45, 2.75) is 52.9 Å². The van der Waals surface area contributed by atoms with Crippen LogP contribution < -0.4 is 0 Å². The highest BCUT2D eigenvalue weighted by molar-refractivity contribution is 7.36. The first-order chi connectivity index (χ1) is 12.2. The van der Waals surface area contributed by atoms with Crippen LogP contribution in [0.2, 0.25) is 0 Å². The van der Waals surface area contributed by atoms with Crippen LogP contribution in [0.25, 0.3) is 11.1 Å². The molecule has 0 heterocycles. The topological polar surface area (TPSA) is 0 Å². The Morgan fingerprint density at radius 1 is 0.760 bits per heavy atom. The fourth-order valence-corrected chi connectivity index (χ4v) is 4.09. The molecule has 0 fully saturated rings. The van der Waals surface area contributed by atoms with Crippen LogP contribution in [0.3, 0.4) is 0 Å². The van der Waals surface area contributed by atoms with Gasteiger partial charge in [0.05, 0.1) is 0 Å². The summed E-state index contributed by atoms with van der Waals surface area (Å²) in [6, 6.07) is 20.8. The van der Waals surface area contributed by atoms with Gasteiger partial charge in [-0.25, -0.2) is 0 Å². The summed E-state index contributed by atoms with van der Waals surface area (Å²) in [7, 11) is 1.14. The fraction of sp³-hybridized carbons (Fsp3) is 0.500. The van der Waals surface area contributed by atoms with Gasteiger partial charge in [0.15, 0.2) is 0 Å². The minimum Gasteiger partial charge on any atom is -0.125 e. The smallest absolute Gasteiger partial charge is 0.0184 e. The predicted octanol–water partition coefficient (Wildman–Crippen LogP) is 7.89. The molecular weight excluding hydrogens is 319 g/mol. The third kappa shape index (κ3) is 9.81. The zero-order valence-corrected chi connectivity index (χ0v) is 17.7. The van der Waals surface area contributed by atoms with E-state index in [2.05, 4.69) is 76.0 Å². The fourth-order valence-electron chi connectivity index (χ4n) is 3.19. The summed E-state index contributed by atoms with van der Waals surface area (Å²) in [6.07, 6.45) is 8.56. The first kappa shape index (κ1) is 21.9. The Bertz CT molecular complexity index is 483. The molecule has 0 aliphatic carbocycles. The molecule has 2 aromatic rings. The zero-order chi connectivity index (χ0) is 18.3. The number of rotatable bonds is 9. The highest BCUT2D eigenvalue weighted by atomic mass is 31.1. The Balaban J connectivity index is 0.000000250. The van der Waals surface area contributed by atoms with Crippen molar-refractivity contribution in [3.63, 3.8) is 0 Å². The summed E-state index contributed by atoms with van der Waals surface area (Å²) in [4.78, 5) is 0. The number of hydrogen-bond acceptors (Lipinski definition) is 0. The molecule has 25 heavy (non-hydrogen) atoms. The van der Waals surface area contributed by atoms with Crippen molar-refractivity contribution in [3.05, 3.63) is 60.7 Å². The first-order valence-electron chi connectivity index (χ1n) is 9.96. The second-order valence-electron chi connectivity index (χ2n) is 7.04. The number of benzene rings is 2. The molecule has 1 heteroatoms. The van der Waals surface area contributed by atoms with Gasteiger partial charge in [-0.05, 0) is 35.8 Å². The average Bonchev–Trinajstić information content (AvgIpc) is 2.67. The van der Waals surface area contributed by atoms with Gasteiger partial charge in [0.25, 0.3) is 0 Å². The molecule has 0 aliphatic rings. The largest absolute Gasteiger partial charge is 0.125 e. The molecule has 0 aromatic heterocycles. The number of hydrogen-bond donors (Lipinski definition) is 0. The lowest BCUT2D eigenvalue weighted by Gasteiger charge is -2.16. The van der Waals surface area contributed by atoms with Crippen molar-refractivity contribution in [2.75, 3.05) is 12.8 Å². The standard InChI is InChI=1S/C12H27P.C12H10/c1-5-7-12(6-2)9-8-11(3)10-13-4;1-3-7-11(8-4-1)12-9-5-2-6-10-12/h11-13H,5-10H2,1-4H3;1-10H. The van der Waals surface area contributed by atoms with Gasteiger partial charge >= 0.3 is 0 Å². The van der Waals surface area contributed by atoms with Gasteiger partial charge < -0.3 is 0 Å². The molecule has 0 amide bonds. The van der Waals surface area contributed by atoms with Crippen molar-refractivity contribution >= 4 is 8.58 Å². The monoisotopic (exact) mass is 356 g/mol. The summed E-state index contributed by atoms with van der Waals surface area (Å²) in [6.45, 7) is 9.38. The van der Waals surface area contributed by atoms with Gasteiger partial charge in [-0.2, -0.15) is 0 Å². The van der Waals surface area contributed by atoms with E-state index in [1.807, 2.05) is 12.1 Å². The van der Waals surface area contributed by atoms with Crippen LogP contribution in [0.15, 0.2) is 60.7 Å². The van der Waals surface area contributed by atoms with Crippen molar-refractivity contribution in [2.24, 2.45) is 11.8 Å². The van der Waals surface area contributed by atoms with Crippen LogP contribution in [0, 0.1) is 11.8 Å². The molecule has 2 rings (SSSR count). The highest BCUT2D eigenvalue weighted by Crippen LogP contribution is 2.22. The quantitative estimate of drug-likeness (QED) is 0.401. The molecular formula is C24H37P.